The molecule has 3 aromatic rings. The number of amides is 16. The Morgan fingerprint density at radius 2 is 1.15 bits per heavy atom. The van der Waals surface area contributed by atoms with Crippen molar-refractivity contribution in [1.82, 2.24) is 73.7 Å². The molecule has 3 heterocycles. The molecule has 40 nitrogen and oxygen atoms in total. The summed E-state index contributed by atoms with van der Waals surface area (Å²) in [5, 5.41) is 62.6. The van der Waals surface area contributed by atoms with Gasteiger partial charge in [0, 0.05) is 68.8 Å². The number of para-hydroxylation sites is 1. The maximum Gasteiger partial charge on any atom is 0.290 e. The van der Waals surface area contributed by atoms with Gasteiger partial charge >= 0.3 is 0 Å². The van der Waals surface area contributed by atoms with Gasteiger partial charge in [0.1, 0.15) is 66.5 Å². The third kappa shape index (κ3) is 35.9. The number of ketones is 1. The first-order valence-corrected chi connectivity index (χ1v) is 42.1. The lowest BCUT2D eigenvalue weighted by molar-refractivity contribution is -0.143. The number of H-pyrrole nitrogens is 1. The van der Waals surface area contributed by atoms with Crippen molar-refractivity contribution < 1.29 is 96.8 Å². The molecule has 40 heteroatoms. The van der Waals surface area contributed by atoms with Gasteiger partial charge in [-0.15, -0.1) is 0 Å². The summed E-state index contributed by atoms with van der Waals surface area (Å²) in [6.45, 7) is 2.38. The molecule has 0 bridgehead atoms. The number of nitrogens with zero attached hydrogens (tertiary/aromatic N) is 2. The molecule has 1 unspecified atom stereocenters. The second-order valence-electron chi connectivity index (χ2n) is 31.0. The predicted octanol–water partition coefficient (Wildman–Crippen LogP) is -3.14. The van der Waals surface area contributed by atoms with Gasteiger partial charge in [0.05, 0.1) is 38.2 Å². The molecule has 13 atom stereocenters. The lowest BCUT2D eigenvalue weighted by Crippen LogP contribution is -2.62. The molecule has 2 saturated heterocycles. The fraction of sp³-hybridized carbons (Fsp3) is 0.610. The molecule has 1 aromatic heterocycles. The second kappa shape index (κ2) is 53.9. The summed E-state index contributed by atoms with van der Waals surface area (Å²) in [6.07, 6.45) is 9.31. The molecule has 0 radical (unpaired) electrons. The molecule has 0 spiro atoms. The number of primary amides is 3. The number of hydrogen-bond donors (Lipinski definition) is 21. The Hall–Kier alpha value is -11.7. The summed E-state index contributed by atoms with van der Waals surface area (Å²) in [5.74, 6) is -18.7. The Morgan fingerprint density at radius 3 is 1.75 bits per heavy atom. The van der Waals surface area contributed by atoms with E-state index in [1.165, 1.54) is 44.9 Å². The van der Waals surface area contributed by atoms with Crippen LogP contribution in [0.25, 0.3) is 10.9 Å². The number of aliphatic hydroxyl groups is 3. The molecule has 16 amide bonds. The van der Waals surface area contributed by atoms with Crippen LogP contribution in [0.4, 0.5) is 0 Å². The normalized spacial score (nSPS) is 19.8. The standard InChI is InChI=1S/C82H126N20O20/c1-4-6-8-9-10-11-12-13-14-15-16-17-21-34-67(109)91-45-64(106)79(120)100-62(47-103)77(118)98-60(42-65(83)107)75(116)97-61(43-66(84)108)76(117)101-69(48(3)104)80(121)94-55(30-7-5-2)71(112)95-57-35-36-68(110)88-37-25-24-32-54(70(85)111)92-74(115)59(40-50-44-90-53-31-23-22-29-52(50)53)96-72(113)56(33-26-38-89-82(86)87)93-73(114)58(39-49-27-19-18-20-28-49)99-78(119)63-41-51(105)46-102(63)81(57)122/h18-20,22-23,27-29,31,44,48,51,54-63,69,90,103-105H,4-17,21,24-26,30,32-43,45-47H2,1-3H3,(H2,83,107)(H2,84,108)(H2,85,111)(H,88,110)(H,91,109)(H,92,115)(H,93,114)(H,94,121)(H,95,112)(H,96,113)(H,97,116)(H,98,118)(H,99,119)(H,100,120)(H,101,117)(H4,86,87,89)/t48?,51-,54+,55+,56+,57+,58-,59+,60+,61+,62+,63+,69+/m1/s1. The number of nitrogens with two attached hydrogens (primary N) is 5. The number of aromatic amines is 1. The highest BCUT2D eigenvalue weighted by Crippen LogP contribution is 2.24. The largest absolute Gasteiger partial charge is 0.394 e. The number of aliphatic hydroxyl groups excluding tert-OH is 3. The van der Waals surface area contributed by atoms with Crippen molar-refractivity contribution in [1.29, 1.82) is 0 Å². The van der Waals surface area contributed by atoms with Crippen molar-refractivity contribution in [3.05, 3.63) is 71.9 Å². The number of fused-ring (bicyclic) bond motifs is 2. The predicted molar refractivity (Wildman–Crippen MR) is 447 cm³/mol. The van der Waals surface area contributed by atoms with Gasteiger partial charge < -0.3 is 118 Å². The highest BCUT2D eigenvalue weighted by atomic mass is 16.3. The fourth-order valence-corrected chi connectivity index (χ4v) is 14.1. The SMILES string of the molecule is CCCCCCCCCCCCCCCC(=O)NCC(=O)C(=O)N[C@@H](CO)C(=O)N[C@@H](CC(N)=O)C(=O)N[C@@H](CC(N)=O)C(=O)N[C@H](C(=O)N[C@@H](CCCC)C(=O)N[C@H]1CCC(=O)NCCCC[C@@H](C(N)=O)NC(=O)[C@H](Cc2c[nH]c3ccccc23)NC(=O)[C@H](CCCN=C(N)N)NC(=O)[C@@H](Cc2ccccc2)NC(=O)[C@@H]2C[C@@H](O)CN2C1=O)C(C)O. The van der Waals surface area contributed by atoms with Gasteiger partial charge in [-0.1, -0.05) is 152 Å². The van der Waals surface area contributed by atoms with Crippen LogP contribution in [-0.2, 0) is 94.3 Å². The number of unbranched alkanes of at least 4 members (excludes halogenated alkanes) is 13. The number of Topliss-reactive ketones (excluding diaryl/α,β-unsaturated/α-hetero) is 1. The van der Waals surface area contributed by atoms with Gasteiger partial charge in [-0.05, 0) is 75.5 Å². The summed E-state index contributed by atoms with van der Waals surface area (Å²) >= 11 is 0. The molecule has 26 N–H and O–H groups in total. The first-order chi connectivity index (χ1) is 58.2. The molecular formula is C82H126N20O20. The van der Waals surface area contributed by atoms with E-state index in [2.05, 4.69) is 75.4 Å². The molecule has 2 aliphatic heterocycles. The van der Waals surface area contributed by atoms with E-state index in [0.717, 1.165) is 43.9 Å². The van der Waals surface area contributed by atoms with Crippen LogP contribution in [0.1, 0.15) is 205 Å². The van der Waals surface area contributed by atoms with E-state index in [1.54, 1.807) is 67.7 Å². The number of hydrogen-bond acceptors (Lipinski definition) is 21. The molecule has 0 saturated carbocycles. The van der Waals surface area contributed by atoms with Crippen LogP contribution in [0, 0.1) is 0 Å². The summed E-state index contributed by atoms with van der Waals surface area (Å²) in [6, 6.07) is -3.43. The van der Waals surface area contributed by atoms with Crippen LogP contribution in [0.3, 0.4) is 0 Å². The maximum atomic E-state index is 15.3. The number of carbonyl (C=O) groups is 17. The van der Waals surface area contributed by atoms with E-state index in [9.17, 15) is 92.0 Å². The van der Waals surface area contributed by atoms with Crippen molar-refractivity contribution in [2.75, 3.05) is 32.8 Å². The Bertz CT molecular complexity index is 4050. The average Bonchev–Trinajstić information content (AvgIpc) is 1.65. The third-order valence-electron chi connectivity index (χ3n) is 20.9. The molecule has 2 aromatic carbocycles. The minimum absolute atomic E-state index is 0.0223. The van der Waals surface area contributed by atoms with Crippen LogP contribution in [0.5, 0.6) is 0 Å². The minimum atomic E-state index is -2.09. The fourth-order valence-electron chi connectivity index (χ4n) is 14.1. The molecular weight excluding hydrogens is 1590 g/mol. The van der Waals surface area contributed by atoms with E-state index < -0.39 is 231 Å². The van der Waals surface area contributed by atoms with Crippen molar-refractivity contribution >= 4 is 117 Å². The van der Waals surface area contributed by atoms with Gasteiger partial charge in [-0.2, -0.15) is 0 Å². The Balaban J connectivity index is 1.35. The van der Waals surface area contributed by atoms with E-state index in [-0.39, 0.29) is 83.3 Å². The van der Waals surface area contributed by atoms with E-state index >= 15 is 4.79 Å². The lowest BCUT2D eigenvalue weighted by Gasteiger charge is -2.31. The number of carbonyl (C=O) groups excluding carboxylic acids is 17. The van der Waals surface area contributed by atoms with Crippen molar-refractivity contribution in [2.45, 2.75) is 286 Å². The molecule has 2 aliphatic rings. The topological polar surface area (TPSA) is 657 Å². The van der Waals surface area contributed by atoms with Crippen LogP contribution in [0.2, 0.25) is 0 Å². The Morgan fingerprint density at radius 1 is 0.590 bits per heavy atom. The van der Waals surface area contributed by atoms with Crippen LogP contribution >= 0.6 is 0 Å². The van der Waals surface area contributed by atoms with Crippen molar-refractivity contribution in [3.8, 4) is 0 Å². The number of guanidine groups is 1. The Labute approximate surface area is 708 Å². The van der Waals surface area contributed by atoms with Gasteiger partial charge in [0.2, 0.25) is 94.4 Å². The summed E-state index contributed by atoms with van der Waals surface area (Å²) < 4.78 is 0. The van der Waals surface area contributed by atoms with Crippen LogP contribution in [-0.4, -0.2) is 243 Å². The first kappa shape index (κ1) is 101. The zero-order valence-corrected chi connectivity index (χ0v) is 69.9. The summed E-state index contributed by atoms with van der Waals surface area (Å²) in [5.41, 5.74) is 29.8. The number of benzene rings is 2. The summed E-state index contributed by atoms with van der Waals surface area (Å²) in [7, 11) is 0. The molecule has 0 aliphatic carbocycles. The number of aromatic nitrogens is 1. The highest BCUT2D eigenvalue weighted by molar-refractivity contribution is 6.37. The molecule has 2 fully saturated rings. The van der Waals surface area contributed by atoms with Crippen molar-refractivity contribution in [3.63, 3.8) is 0 Å². The van der Waals surface area contributed by atoms with Gasteiger partial charge in [0.15, 0.2) is 5.96 Å². The van der Waals surface area contributed by atoms with Crippen molar-refractivity contribution in [2.24, 2.45) is 33.7 Å². The van der Waals surface area contributed by atoms with E-state index in [1.807, 2.05) is 5.32 Å². The number of rotatable bonds is 46. The molecule has 674 valence electrons. The Kier molecular flexibility index (Phi) is 44.5. The van der Waals surface area contributed by atoms with E-state index in [0.29, 0.717) is 34.9 Å². The van der Waals surface area contributed by atoms with Gasteiger partial charge in [-0.3, -0.25) is 86.5 Å². The summed E-state index contributed by atoms with van der Waals surface area (Å²) in [4.78, 5) is 244. The first-order valence-electron chi connectivity index (χ1n) is 42.1. The molecule has 122 heavy (non-hydrogen) atoms. The highest BCUT2D eigenvalue weighted by Gasteiger charge is 2.44. The second-order valence-corrected chi connectivity index (χ2v) is 31.0. The van der Waals surface area contributed by atoms with Gasteiger partial charge in [-0.25, -0.2) is 0 Å². The van der Waals surface area contributed by atoms with Gasteiger partial charge in [0.25, 0.3) is 5.91 Å². The van der Waals surface area contributed by atoms with Crippen LogP contribution in [0.15, 0.2) is 65.8 Å². The maximum absolute atomic E-state index is 15.3. The molecule has 5 rings (SSSR count). The number of nitrogens with one attached hydrogen (secondary N) is 13. The average molecular weight is 1710 g/mol. The van der Waals surface area contributed by atoms with Crippen LogP contribution < -0.4 is 92.5 Å². The smallest absolute Gasteiger partial charge is 0.290 e. The minimum Gasteiger partial charge on any atom is -0.394 e. The zero-order valence-electron chi connectivity index (χ0n) is 69.9. The lowest BCUT2D eigenvalue weighted by atomic mass is 10.0. The van der Waals surface area contributed by atoms with E-state index in [4.69, 9.17) is 28.7 Å². The quantitative estimate of drug-likeness (QED) is 0.0115. The monoisotopic (exact) mass is 1710 g/mol. The third-order valence-corrected chi connectivity index (χ3v) is 20.9. The number of aliphatic imine (C=N–C) groups is 1. The zero-order chi connectivity index (χ0) is 89.8.